The van der Waals surface area contributed by atoms with Crippen LogP contribution in [0.4, 0.5) is 14.5 Å². The molecule has 2 aromatic rings. The molecular weight excluding hydrogens is 420 g/mol. The molecule has 0 radical (unpaired) electrons. The first-order valence-corrected chi connectivity index (χ1v) is 10.3. The standard InChI is InChI=1S/C23H25F2N3O4/c1-3-32-23(31)17(22(29)30)13-16(15-7-5-4-6-8-15)20-19(25)21(18(24)14-26-20)28-11-9-27(2)10-12-28/h4-8,13-14,16H,3,9-12H2,1-2H3,(H,29,30)/b17-13-. The molecule has 1 unspecified atom stereocenters. The zero-order valence-corrected chi connectivity index (χ0v) is 17.9. The van der Waals surface area contributed by atoms with E-state index in [-0.39, 0.29) is 18.0 Å². The van der Waals surface area contributed by atoms with Crippen molar-refractivity contribution in [1.82, 2.24) is 9.88 Å². The third kappa shape index (κ3) is 5.11. The zero-order chi connectivity index (χ0) is 23.3. The summed E-state index contributed by atoms with van der Waals surface area (Å²) in [6.45, 7) is 3.69. The summed E-state index contributed by atoms with van der Waals surface area (Å²) in [7, 11) is 1.93. The Morgan fingerprint density at radius 3 is 2.44 bits per heavy atom. The van der Waals surface area contributed by atoms with Crippen LogP contribution in [-0.2, 0) is 14.3 Å². The quantitative estimate of drug-likeness (QED) is 0.304. The van der Waals surface area contributed by atoms with Gasteiger partial charge in [-0.1, -0.05) is 30.3 Å². The number of halogens is 2. The highest BCUT2D eigenvalue weighted by atomic mass is 19.1. The topological polar surface area (TPSA) is 83.0 Å². The highest BCUT2D eigenvalue weighted by molar-refractivity contribution is 6.13. The van der Waals surface area contributed by atoms with Crippen LogP contribution < -0.4 is 4.90 Å². The molecule has 9 heteroatoms. The van der Waals surface area contributed by atoms with Crippen LogP contribution in [0.15, 0.2) is 48.2 Å². The lowest BCUT2D eigenvalue weighted by atomic mass is 9.92. The SMILES string of the molecule is CCOC(=O)/C(=C\C(c1ccccc1)c1ncc(F)c(N2CCN(C)CC2)c1F)C(=O)O. The summed E-state index contributed by atoms with van der Waals surface area (Å²) in [5.74, 6) is -5.27. The van der Waals surface area contributed by atoms with E-state index in [9.17, 15) is 19.1 Å². The van der Waals surface area contributed by atoms with Crippen LogP contribution in [0.25, 0.3) is 0 Å². The van der Waals surface area contributed by atoms with Crippen LogP contribution in [0.5, 0.6) is 0 Å². The summed E-state index contributed by atoms with van der Waals surface area (Å²) in [6, 6.07) is 8.46. The van der Waals surface area contributed by atoms with Crippen LogP contribution >= 0.6 is 0 Å². The Morgan fingerprint density at radius 1 is 1.19 bits per heavy atom. The van der Waals surface area contributed by atoms with Gasteiger partial charge in [-0.2, -0.15) is 0 Å². The molecule has 1 aromatic carbocycles. The Bertz CT molecular complexity index is 1010. The molecule has 1 aliphatic heterocycles. The second-order valence-electron chi connectivity index (χ2n) is 7.44. The van der Waals surface area contributed by atoms with E-state index in [1.54, 1.807) is 42.2 Å². The van der Waals surface area contributed by atoms with Crippen LogP contribution in [0.2, 0.25) is 0 Å². The summed E-state index contributed by atoms with van der Waals surface area (Å²) < 4.78 is 35.2. The number of allylic oxidation sites excluding steroid dienone is 1. The number of carboxylic acids is 1. The molecular formula is C23H25F2N3O4. The Morgan fingerprint density at radius 2 is 1.84 bits per heavy atom. The minimum Gasteiger partial charge on any atom is -0.477 e. The number of ether oxygens (including phenoxy) is 1. The van der Waals surface area contributed by atoms with Gasteiger partial charge in [-0.15, -0.1) is 0 Å². The molecule has 0 bridgehead atoms. The van der Waals surface area contributed by atoms with Gasteiger partial charge < -0.3 is 19.6 Å². The lowest BCUT2D eigenvalue weighted by molar-refractivity contribution is -0.143. The Kier molecular flexibility index (Phi) is 7.53. The maximum absolute atomic E-state index is 15.7. The van der Waals surface area contributed by atoms with E-state index >= 15 is 4.39 Å². The molecule has 1 aliphatic rings. The average molecular weight is 445 g/mol. The molecule has 1 fully saturated rings. The second kappa shape index (κ2) is 10.3. The van der Waals surface area contributed by atoms with Gasteiger partial charge in [-0.25, -0.2) is 18.4 Å². The molecule has 1 aromatic heterocycles. The summed E-state index contributed by atoms with van der Waals surface area (Å²) in [4.78, 5) is 31.6. The van der Waals surface area contributed by atoms with E-state index in [1.165, 1.54) is 0 Å². The molecule has 7 nitrogen and oxygen atoms in total. The van der Waals surface area contributed by atoms with Crippen molar-refractivity contribution >= 4 is 17.6 Å². The highest BCUT2D eigenvalue weighted by Gasteiger charge is 2.29. The molecule has 1 N–H and O–H groups in total. The fourth-order valence-electron chi connectivity index (χ4n) is 3.60. The number of rotatable bonds is 7. The summed E-state index contributed by atoms with van der Waals surface area (Å²) in [5, 5.41) is 9.55. The smallest absolute Gasteiger partial charge is 0.345 e. The number of carboxylic acid groups (broad SMARTS) is 1. The minimum absolute atomic E-state index is 0.0177. The number of aromatic nitrogens is 1. The minimum atomic E-state index is -1.51. The monoisotopic (exact) mass is 445 g/mol. The van der Waals surface area contributed by atoms with Gasteiger partial charge in [-0.3, -0.25) is 4.98 Å². The van der Waals surface area contributed by atoms with Gasteiger partial charge in [0.1, 0.15) is 11.3 Å². The first kappa shape index (κ1) is 23.3. The van der Waals surface area contributed by atoms with Crippen LogP contribution in [0, 0.1) is 11.6 Å². The maximum atomic E-state index is 15.7. The van der Waals surface area contributed by atoms with E-state index < -0.39 is 35.1 Å². The number of esters is 1. The largest absolute Gasteiger partial charge is 0.477 e. The number of pyridine rings is 1. The molecule has 1 saturated heterocycles. The normalized spacial score (nSPS) is 16.0. The molecule has 32 heavy (non-hydrogen) atoms. The number of hydrogen-bond donors (Lipinski definition) is 1. The number of nitrogens with zero attached hydrogens (tertiary/aromatic N) is 3. The van der Waals surface area contributed by atoms with Gasteiger partial charge in [-0.05, 0) is 25.6 Å². The Balaban J connectivity index is 2.14. The van der Waals surface area contributed by atoms with Crippen LogP contribution in [0.3, 0.4) is 0 Å². The summed E-state index contributed by atoms with van der Waals surface area (Å²) in [5.41, 5.74) is -0.523. The third-order valence-corrected chi connectivity index (χ3v) is 5.31. The van der Waals surface area contributed by atoms with Crippen molar-refractivity contribution < 1.29 is 28.2 Å². The summed E-state index contributed by atoms with van der Waals surface area (Å²) in [6.07, 6.45) is 2.04. The molecule has 2 heterocycles. The van der Waals surface area contributed by atoms with Crippen LogP contribution in [-0.4, -0.2) is 66.8 Å². The molecule has 0 saturated carbocycles. The number of likely N-dealkylation sites (N-methyl/N-ethyl adjacent to an activating group) is 1. The van der Waals surface area contributed by atoms with Gasteiger partial charge in [0.2, 0.25) is 0 Å². The van der Waals surface area contributed by atoms with Crippen molar-refractivity contribution in [3.8, 4) is 0 Å². The number of anilines is 1. The molecule has 0 aliphatic carbocycles. The maximum Gasteiger partial charge on any atom is 0.345 e. The first-order chi connectivity index (χ1) is 15.3. The van der Waals surface area contributed by atoms with Crippen LogP contribution in [0.1, 0.15) is 24.1 Å². The number of piperazine rings is 1. The number of benzene rings is 1. The second-order valence-corrected chi connectivity index (χ2v) is 7.44. The van der Waals surface area contributed by atoms with Crippen molar-refractivity contribution in [1.29, 1.82) is 0 Å². The number of hydrogen-bond acceptors (Lipinski definition) is 6. The van der Waals surface area contributed by atoms with Crippen molar-refractivity contribution in [3.05, 3.63) is 71.1 Å². The lowest BCUT2D eigenvalue weighted by Gasteiger charge is -2.34. The zero-order valence-electron chi connectivity index (χ0n) is 17.9. The lowest BCUT2D eigenvalue weighted by Crippen LogP contribution is -2.45. The van der Waals surface area contributed by atoms with Gasteiger partial charge in [0.25, 0.3) is 0 Å². The molecule has 3 rings (SSSR count). The van der Waals surface area contributed by atoms with E-state index in [0.717, 1.165) is 12.3 Å². The van der Waals surface area contributed by atoms with Crippen molar-refractivity contribution in [2.75, 3.05) is 44.7 Å². The van der Waals surface area contributed by atoms with Gasteiger partial charge >= 0.3 is 11.9 Å². The Labute approximate surface area is 184 Å². The fraction of sp³-hybridized carbons (Fsp3) is 0.348. The number of aliphatic carboxylic acids is 1. The molecule has 0 amide bonds. The number of carbonyl (C=O) groups excluding carboxylic acids is 1. The van der Waals surface area contributed by atoms with Gasteiger partial charge in [0.15, 0.2) is 11.6 Å². The van der Waals surface area contributed by atoms with E-state index in [4.69, 9.17) is 4.74 Å². The van der Waals surface area contributed by atoms with E-state index in [2.05, 4.69) is 9.88 Å². The predicted octanol–water partition coefficient (Wildman–Crippen LogP) is 2.82. The van der Waals surface area contributed by atoms with Crippen molar-refractivity contribution in [3.63, 3.8) is 0 Å². The van der Waals surface area contributed by atoms with Crippen molar-refractivity contribution in [2.45, 2.75) is 12.8 Å². The fourth-order valence-corrected chi connectivity index (χ4v) is 3.60. The van der Waals surface area contributed by atoms with Gasteiger partial charge in [0.05, 0.1) is 18.5 Å². The molecule has 0 spiro atoms. The average Bonchev–Trinajstić information content (AvgIpc) is 2.77. The highest BCUT2D eigenvalue weighted by Crippen LogP contribution is 2.34. The Hall–Kier alpha value is -3.33. The third-order valence-electron chi connectivity index (χ3n) is 5.31. The predicted molar refractivity (Wildman–Crippen MR) is 114 cm³/mol. The van der Waals surface area contributed by atoms with E-state index in [0.29, 0.717) is 31.7 Å². The summed E-state index contributed by atoms with van der Waals surface area (Å²) >= 11 is 0. The van der Waals surface area contributed by atoms with E-state index in [1.807, 2.05) is 7.05 Å². The molecule has 170 valence electrons. The molecule has 1 atom stereocenters. The van der Waals surface area contributed by atoms with Crippen molar-refractivity contribution in [2.24, 2.45) is 0 Å². The number of carbonyl (C=O) groups is 2. The first-order valence-electron chi connectivity index (χ1n) is 10.3. The van der Waals surface area contributed by atoms with Gasteiger partial charge in [0, 0.05) is 32.1 Å².